The van der Waals surface area contributed by atoms with E-state index in [-0.39, 0.29) is 11.9 Å². The minimum atomic E-state index is -0.0109. The Hall–Kier alpha value is -1.06. The number of hydrogen-bond donors (Lipinski definition) is 1. The molecule has 1 fully saturated rings. The van der Waals surface area contributed by atoms with E-state index in [9.17, 15) is 4.79 Å². The SMILES string of the molecule is Cc1cc(Cl)cc(C)c1NC(=O)C1CCCCN1C. The lowest BCUT2D eigenvalue weighted by Gasteiger charge is -2.31. The van der Waals surface area contributed by atoms with Crippen LogP contribution in [0.1, 0.15) is 30.4 Å². The Labute approximate surface area is 119 Å². The summed E-state index contributed by atoms with van der Waals surface area (Å²) in [5.74, 6) is 0.0933. The molecule has 1 aromatic rings. The van der Waals surface area contributed by atoms with Crippen LogP contribution in [0.2, 0.25) is 5.02 Å². The molecule has 2 rings (SSSR count). The Balaban J connectivity index is 2.14. The van der Waals surface area contributed by atoms with Crippen molar-refractivity contribution in [1.29, 1.82) is 0 Å². The molecule has 1 aliphatic rings. The maximum atomic E-state index is 12.4. The Bertz CT molecular complexity index is 464. The first-order chi connectivity index (χ1) is 8.99. The topological polar surface area (TPSA) is 32.3 Å². The molecule has 1 unspecified atom stereocenters. The lowest BCUT2D eigenvalue weighted by atomic mass is 10.0. The number of amides is 1. The quantitative estimate of drug-likeness (QED) is 0.901. The summed E-state index contributed by atoms with van der Waals surface area (Å²) < 4.78 is 0. The smallest absolute Gasteiger partial charge is 0.241 e. The summed E-state index contributed by atoms with van der Waals surface area (Å²) in [6, 6.07) is 3.76. The van der Waals surface area contributed by atoms with Crippen molar-refractivity contribution in [2.24, 2.45) is 0 Å². The molecule has 1 amide bonds. The first-order valence-electron chi connectivity index (χ1n) is 6.77. The standard InChI is InChI=1S/C15H21ClN2O/c1-10-8-12(16)9-11(2)14(10)17-15(19)13-6-4-5-7-18(13)3/h8-9,13H,4-7H2,1-3H3,(H,17,19). The van der Waals surface area contributed by atoms with Crippen LogP contribution < -0.4 is 5.32 Å². The molecule has 0 saturated carbocycles. The molecule has 0 spiro atoms. The number of carbonyl (C=O) groups is 1. The maximum absolute atomic E-state index is 12.4. The Morgan fingerprint density at radius 3 is 2.53 bits per heavy atom. The van der Waals surface area contributed by atoms with E-state index < -0.39 is 0 Å². The van der Waals surface area contributed by atoms with Crippen LogP contribution in [-0.2, 0) is 4.79 Å². The van der Waals surface area contributed by atoms with Crippen molar-refractivity contribution in [3.63, 3.8) is 0 Å². The number of carbonyl (C=O) groups excluding carboxylic acids is 1. The Morgan fingerprint density at radius 2 is 1.95 bits per heavy atom. The van der Waals surface area contributed by atoms with Crippen molar-refractivity contribution in [3.05, 3.63) is 28.3 Å². The molecule has 1 atom stereocenters. The van der Waals surface area contributed by atoms with Crippen LogP contribution in [0, 0.1) is 13.8 Å². The molecule has 4 heteroatoms. The number of likely N-dealkylation sites (N-methyl/N-ethyl adjacent to an activating group) is 1. The van der Waals surface area contributed by atoms with Gasteiger partial charge in [-0.3, -0.25) is 9.69 Å². The van der Waals surface area contributed by atoms with Crippen LogP contribution in [0.4, 0.5) is 5.69 Å². The molecule has 19 heavy (non-hydrogen) atoms. The van der Waals surface area contributed by atoms with Crippen molar-refractivity contribution in [2.75, 3.05) is 18.9 Å². The van der Waals surface area contributed by atoms with E-state index in [0.29, 0.717) is 5.02 Å². The molecule has 0 bridgehead atoms. The maximum Gasteiger partial charge on any atom is 0.241 e. The molecular formula is C15H21ClN2O. The number of anilines is 1. The number of aryl methyl sites for hydroxylation is 2. The van der Waals surface area contributed by atoms with E-state index in [1.165, 1.54) is 6.42 Å². The molecule has 0 radical (unpaired) electrons. The number of hydrogen-bond acceptors (Lipinski definition) is 2. The molecule has 3 nitrogen and oxygen atoms in total. The van der Waals surface area contributed by atoms with E-state index in [0.717, 1.165) is 36.2 Å². The van der Waals surface area contributed by atoms with Crippen LogP contribution in [0.25, 0.3) is 0 Å². The highest BCUT2D eigenvalue weighted by Gasteiger charge is 2.26. The molecule has 0 aromatic heterocycles. The second-order valence-corrected chi connectivity index (χ2v) is 5.83. The third-order valence-electron chi connectivity index (χ3n) is 3.82. The summed E-state index contributed by atoms with van der Waals surface area (Å²) in [4.78, 5) is 14.5. The highest BCUT2D eigenvalue weighted by atomic mass is 35.5. The van der Waals surface area contributed by atoms with Gasteiger partial charge in [0.25, 0.3) is 0 Å². The lowest BCUT2D eigenvalue weighted by molar-refractivity contribution is -0.121. The summed E-state index contributed by atoms with van der Waals surface area (Å²) in [5.41, 5.74) is 2.92. The zero-order chi connectivity index (χ0) is 14.0. The van der Waals surface area contributed by atoms with Crippen molar-refractivity contribution in [3.8, 4) is 0 Å². The van der Waals surface area contributed by atoms with Gasteiger partial charge in [-0.25, -0.2) is 0 Å². The third kappa shape index (κ3) is 3.28. The fourth-order valence-corrected chi connectivity index (χ4v) is 3.05. The summed E-state index contributed by atoms with van der Waals surface area (Å²) in [7, 11) is 2.02. The minimum Gasteiger partial charge on any atom is -0.324 e. The number of piperidine rings is 1. The van der Waals surface area contributed by atoms with Gasteiger partial charge in [-0.15, -0.1) is 0 Å². The second kappa shape index (κ2) is 5.93. The highest BCUT2D eigenvalue weighted by Crippen LogP contribution is 2.26. The van der Waals surface area contributed by atoms with Gasteiger partial charge in [-0.1, -0.05) is 18.0 Å². The van der Waals surface area contributed by atoms with Crippen molar-refractivity contribution in [1.82, 2.24) is 4.90 Å². The number of rotatable bonds is 2. The number of nitrogens with one attached hydrogen (secondary N) is 1. The molecule has 1 aliphatic heterocycles. The molecule has 1 aromatic carbocycles. The van der Waals surface area contributed by atoms with Crippen molar-refractivity contribution < 1.29 is 4.79 Å². The van der Waals surface area contributed by atoms with Gasteiger partial charge >= 0.3 is 0 Å². The van der Waals surface area contributed by atoms with Crippen molar-refractivity contribution in [2.45, 2.75) is 39.2 Å². The van der Waals surface area contributed by atoms with Gasteiger partial charge in [-0.2, -0.15) is 0 Å². The zero-order valence-electron chi connectivity index (χ0n) is 11.8. The summed E-state index contributed by atoms with van der Waals surface area (Å²) in [6.07, 6.45) is 3.24. The van der Waals surface area contributed by atoms with Crippen LogP contribution >= 0.6 is 11.6 Å². The molecule has 1 heterocycles. The molecule has 1 N–H and O–H groups in total. The minimum absolute atomic E-state index is 0.0109. The average Bonchev–Trinajstić information content (AvgIpc) is 2.34. The van der Waals surface area contributed by atoms with E-state index >= 15 is 0 Å². The highest BCUT2D eigenvalue weighted by molar-refractivity contribution is 6.30. The molecule has 0 aliphatic carbocycles. The predicted molar refractivity (Wildman–Crippen MR) is 79.8 cm³/mol. The van der Waals surface area contributed by atoms with Gasteiger partial charge < -0.3 is 5.32 Å². The van der Waals surface area contributed by atoms with Crippen LogP contribution in [0.3, 0.4) is 0 Å². The van der Waals surface area contributed by atoms with Gasteiger partial charge in [-0.05, 0) is 63.5 Å². The number of nitrogens with zero attached hydrogens (tertiary/aromatic N) is 1. The average molecular weight is 281 g/mol. The van der Waals surface area contributed by atoms with E-state index in [4.69, 9.17) is 11.6 Å². The van der Waals surface area contributed by atoms with Crippen LogP contribution in [0.5, 0.6) is 0 Å². The fourth-order valence-electron chi connectivity index (χ4n) is 2.72. The molecule has 1 saturated heterocycles. The monoisotopic (exact) mass is 280 g/mol. The molecule has 104 valence electrons. The molecular weight excluding hydrogens is 260 g/mol. The van der Waals surface area contributed by atoms with Gasteiger partial charge in [0, 0.05) is 10.7 Å². The van der Waals surface area contributed by atoms with Gasteiger partial charge in [0.1, 0.15) is 0 Å². The second-order valence-electron chi connectivity index (χ2n) is 5.40. The Morgan fingerprint density at radius 1 is 1.32 bits per heavy atom. The van der Waals surface area contributed by atoms with Gasteiger partial charge in [0.15, 0.2) is 0 Å². The van der Waals surface area contributed by atoms with E-state index in [1.807, 2.05) is 33.0 Å². The number of likely N-dealkylation sites (tertiary alicyclic amines) is 1. The normalized spacial score (nSPS) is 20.3. The fraction of sp³-hybridized carbons (Fsp3) is 0.533. The largest absolute Gasteiger partial charge is 0.324 e. The van der Waals surface area contributed by atoms with Gasteiger partial charge in [0.2, 0.25) is 5.91 Å². The van der Waals surface area contributed by atoms with E-state index in [1.54, 1.807) is 0 Å². The summed E-state index contributed by atoms with van der Waals surface area (Å²) in [6.45, 7) is 4.94. The lowest BCUT2D eigenvalue weighted by Crippen LogP contribution is -2.44. The van der Waals surface area contributed by atoms with Crippen LogP contribution in [0.15, 0.2) is 12.1 Å². The predicted octanol–water partition coefficient (Wildman–Crippen LogP) is 3.38. The first-order valence-corrected chi connectivity index (χ1v) is 7.14. The zero-order valence-corrected chi connectivity index (χ0v) is 12.5. The Kier molecular flexibility index (Phi) is 4.48. The van der Waals surface area contributed by atoms with Gasteiger partial charge in [0.05, 0.1) is 6.04 Å². The van der Waals surface area contributed by atoms with Crippen molar-refractivity contribution >= 4 is 23.2 Å². The third-order valence-corrected chi connectivity index (χ3v) is 4.04. The van der Waals surface area contributed by atoms with Crippen LogP contribution in [-0.4, -0.2) is 30.4 Å². The van der Waals surface area contributed by atoms with E-state index in [2.05, 4.69) is 10.2 Å². The first kappa shape index (κ1) is 14.4. The number of halogens is 1. The summed E-state index contributed by atoms with van der Waals surface area (Å²) in [5, 5.41) is 3.78. The number of benzene rings is 1. The summed E-state index contributed by atoms with van der Waals surface area (Å²) >= 11 is 6.01.